The maximum atomic E-state index is 13.6. The third kappa shape index (κ3) is 1.80. The molecule has 1 aromatic rings. The van der Waals surface area contributed by atoms with Gasteiger partial charge in [-0.3, -0.25) is 0 Å². The molecule has 1 heterocycles. The summed E-state index contributed by atoms with van der Waals surface area (Å²) in [5.74, 6) is -0.649. The predicted molar refractivity (Wildman–Crippen MR) is 61.9 cm³/mol. The van der Waals surface area contributed by atoms with Gasteiger partial charge in [-0.25, -0.2) is 9.18 Å². The molecule has 1 aliphatic heterocycles. The van der Waals surface area contributed by atoms with Crippen molar-refractivity contribution in [3.8, 4) is 0 Å². The first-order valence-electron chi connectivity index (χ1n) is 4.93. The van der Waals surface area contributed by atoms with Gasteiger partial charge in [0.2, 0.25) is 0 Å². The average molecular weight is 288 g/mol. The molecule has 0 saturated carbocycles. The molecule has 1 saturated heterocycles. The summed E-state index contributed by atoms with van der Waals surface area (Å²) >= 11 is 3.29. The molecule has 16 heavy (non-hydrogen) atoms. The van der Waals surface area contributed by atoms with Gasteiger partial charge >= 0.3 is 5.97 Å². The number of para-hydroxylation sites is 1. The zero-order valence-corrected chi connectivity index (χ0v) is 10.3. The third-order valence-electron chi connectivity index (χ3n) is 2.72. The maximum absolute atomic E-state index is 13.6. The molecule has 2 rings (SSSR count). The first kappa shape index (κ1) is 11.4. The molecule has 1 aliphatic rings. The van der Waals surface area contributed by atoms with E-state index in [0.29, 0.717) is 23.1 Å². The molecule has 1 atom stereocenters. The fourth-order valence-corrected chi connectivity index (χ4v) is 2.37. The number of anilines is 1. The Morgan fingerprint density at radius 1 is 1.62 bits per heavy atom. The standard InChI is InChI=1S/C11H11BrFNO2/c1-16-11(15)9-5-6-14(9)10-7(12)3-2-4-8(10)13/h2-4,9H,5-6H2,1H3. The minimum atomic E-state index is -0.363. The Hall–Kier alpha value is -1.10. The number of carbonyl (C=O) groups excluding carboxylic acids is 1. The van der Waals surface area contributed by atoms with Gasteiger partial charge in [-0.2, -0.15) is 0 Å². The molecule has 0 bridgehead atoms. The summed E-state index contributed by atoms with van der Waals surface area (Å²) in [6, 6.07) is 4.39. The van der Waals surface area contributed by atoms with Crippen molar-refractivity contribution in [2.45, 2.75) is 12.5 Å². The summed E-state index contributed by atoms with van der Waals surface area (Å²) < 4.78 is 19.0. The Morgan fingerprint density at radius 2 is 2.38 bits per heavy atom. The topological polar surface area (TPSA) is 29.5 Å². The number of halogens is 2. The van der Waals surface area contributed by atoms with Crippen molar-refractivity contribution in [2.24, 2.45) is 0 Å². The highest BCUT2D eigenvalue weighted by atomic mass is 79.9. The van der Waals surface area contributed by atoms with Crippen molar-refractivity contribution >= 4 is 27.6 Å². The minimum Gasteiger partial charge on any atom is -0.467 e. The molecule has 1 unspecified atom stereocenters. The van der Waals surface area contributed by atoms with Gasteiger partial charge in [-0.05, 0) is 34.5 Å². The molecular weight excluding hydrogens is 277 g/mol. The lowest BCUT2D eigenvalue weighted by molar-refractivity contribution is -0.143. The summed E-state index contributed by atoms with van der Waals surface area (Å²) in [5, 5.41) is 0. The lowest BCUT2D eigenvalue weighted by atomic mass is 10.0. The summed E-state index contributed by atoms with van der Waals surface area (Å²) in [6.45, 7) is 0.666. The molecule has 0 aromatic heterocycles. The number of rotatable bonds is 2. The van der Waals surface area contributed by atoms with Crippen LogP contribution >= 0.6 is 15.9 Å². The van der Waals surface area contributed by atoms with Crippen molar-refractivity contribution in [3.63, 3.8) is 0 Å². The molecule has 0 radical (unpaired) electrons. The quantitative estimate of drug-likeness (QED) is 0.782. The van der Waals surface area contributed by atoms with E-state index in [9.17, 15) is 9.18 Å². The van der Waals surface area contributed by atoms with Crippen LogP contribution in [-0.2, 0) is 9.53 Å². The highest BCUT2D eigenvalue weighted by Crippen LogP contribution is 2.35. The average Bonchev–Trinajstić information content (AvgIpc) is 2.21. The van der Waals surface area contributed by atoms with Crippen LogP contribution in [0.15, 0.2) is 22.7 Å². The lowest BCUT2D eigenvalue weighted by Crippen LogP contribution is -2.53. The predicted octanol–water partition coefficient (Wildman–Crippen LogP) is 2.34. The second-order valence-electron chi connectivity index (χ2n) is 3.59. The summed E-state index contributed by atoms with van der Waals surface area (Å²) in [4.78, 5) is 13.1. The van der Waals surface area contributed by atoms with E-state index in [4.69, 9.17) is 0 Å². The second kappa shape index (κ2) is 4.41. The van der Waals surface area contributed by atoms with Gasteiger partial charge in [0.05, 0.1) is 12.8 Å². The van der Waals surface area contributed by atoms with Crippen molar-refractivity contribution in [1.29, 1.82) is 0 Å². The third-order valence-corrected chi connectivity index (χ3v) is 3.36. The number of esters is 1. The number of hydrogen-bond acceptors (Lipinski definition) is 3. The highest BCUT2D eigenvalue weighted by Gasteiger charge is 2.37. The number of hydrogen-bond donors (Lipinski definition) is 0. The van der Waals surface area contributed by atoms with Gasteiger partial charge in [0.15, 0.2) is 0 Å². The summed E-state index contributed by atoms with van der Waals surface area (Å²) in [7, 11) is 1.34. The van der Waals surface area contributed by atoms with Crippen LogP contribution in [0.4, 0.5) is 10.1 Å². The molecule has 0 spiro atoms. The van der Waals surface area contributed by atoms with Gasteiger partial charge in [0.1, 0.15) is 11.9 Å². The first-order valence-corrected chi connectivity index (χ1v) is 5.73. The van der Waals surface area contributed by atoms with Gasteiger partial charge in [0, 0.05) is 11.0 Å². The Morgan fingerprint density at radius 3 is 2.88 bits per heavy atom. The van der Waals surface area contributed by atoms with Crippen LogP contribution in [0.2, 0.25) is 0 Å². The number of ether oxygens (including phenoxy) is 1. The molecule has 0 amide bonds. The molecule has 5 heteroatoms. The summed E-state index contributed by atoms with van der Waals surface area (Å²) in [6.07, 6.45) is 0.702. The van der Waals surface area contributed by atoms with E-state index in [2.05, 4.69) is 20.7 Å². The number of benzene rings is 1. The van der Waals surface area contributed by atoms with Crippen molar-refractivity contribution in [2.75, 3.05) is 18.6 Å². The number of nitrogens with zero attached hydrogens (tertiary/aromatic N) is 1. The minimum absolute atomic E-state index is 0.318. The van der Waals surface area contributed by atoms with Crippen LogP contribution in [-0.4, -0.2) is 25.7 Å². The van der Waals surface area contributed by atoms with Crippen LogP contribution in [0.25, 0.3) is 0 Å². The SMILES string of the molecule is COC(=O)C1CCN1c1c(F)cccc1Br. The monoisotopic (exact) mass is 287 g/mol. The number of carbonyl (C=O) groups is 1. The fraction of sp³-hybridized carbons (Fsp3) is 0.364. The van der Waals surface area contributed by atoms with E-state index in [1.54, 1.807) is 17.0 Å². The van der Waals surface area contributed by atoms with Crippen molar-refractivity contribution < 1.29 is 13.9 Å². The van der Waals surface area contributed by atoms with Crippen LogP contribution in [0.1, 0.15) is 6.42 Å². The molecule has 1 fully saturated rings. The highest BCUT2D eigenvalue weighted by molar-refractivity contribution is 9.10. The second-order valence-corrected chi connectivity index (χ2v) is 4.45. The zero-order valence-electron chi connectivity index (χ0n) is 8.74. The van der Waals surface area contributed by atoms with E-state index in [-0.39, 0.29) is 17.8 Å². The summed E-state index contributed by atoms with van der Waals surface area (Å²) in [5.41, 5.74) is 0.434. The smallest absolute Gasteiger partial charge is 0.328 e. The van der Waals surface area contributed by atoms with Gasteiger partial charge in [-0.15, -0.1) is 0 Å². The zero-order chi connectivity index (χ0) is 11.7. The molecule has 86 valence electrons. The molecule has 3 nitrogen and oxygen atoms in total. The Bertz CT molecular complexity index is 404. The largest absolute Gasteiger partial charge is 0.467 e. The molecule has 0 aliphatic carbocycles. The van der Waals surface area contributed by atoms with Crippen LogP contribution in [0.3, 0.4) is 0 Å². The van der Waals surface area contributed by atoms with E-state index >= 15 is 0 Å². The maximum Gasteiger partial charge on any atom is 0.328 e. The van der Waals surface area contributed by atoms with Crippen molar-refractivity contribution in [1.82, 2.24) is 0 Å². The molecule has 0 N–H and O–H groups in total. The van der Waals surface area contributed by atoms with Gasteiger partial charge in [0.25, 0.3) is 0 Å². The van der Waals surface area contributed by atoms with Crippen molar-refractivity contribution in [3.05, 3.63) is 28.5 Å². The molecular formula is C11H11BrFNO2. The van der Waals surface area contributed by atoms with Gasteiger partial charge < -0.3 is 9.64 Å². The Labute approximate surface area is 101 Å². The van der Waals surface area contributed by atoms with Crippen LogP contribution in [0, 0.1) is 5.82 Å². The van der Waals surface area contributed by atoms with Crippen LogP contribution in [0.5, 0.6) is 0 Å². The van der Waals surface area contributed by atoms with E-state index in [1.165, 1.54) is 13.2 Å². The first-order chi connectivity index (χ1) is 7.65. The Kier molecular flexibility index (Phi) is 3.14. The van der Waals surface area contributed by atoms with E-state index < -0.39 is 0 Å². The fourth-order valence-electron chi connectivity index (χ4n) is 1.80. The number of methoxy groups -OCH3 is 1. The van der Waals surface area contributed by atoms with Gasteiger partial charge in [-0.1, -0.05) is 6.07 Å². The molecule has 1 aromatic carbocycles. The van der Waals surface area contributed by atoms with E-state index in [0.717, 1.165) is 0 Å². The normalized spacial score (nSPS) is 19.2. The van der Waals surface area contributed by atoms with E-state index in [1.807, 2.05) is 0 Å². The van der Waals surface area contributed by atoms with Crippen LogP contribution < -0.4 is 4.90 Å². The Balaban J connectivity index is 2.28. The lowest BCUT2D eigenvalue weighted by Gasteiger charge is -2.41.